The molecule has 1 aliphatic rings. The lowest BCUT2D eigenvalue weighted by molar-refractivity contribution is 0.465. The average molecular weight is 269 g/mol. The number of rotatable bonds is 3. The molecule has 0 aliphatic carbocycles. The summed E-state index contributed by atoms with van der Waals surface area (Å²) in [6, 6.07) is 0.155. The summed E-state index contributed by atoms with van der Waals surface area (Å²) in [6.45, 7) is 8.59. The lowest BCUT2D eigenvalue weighted by Crippen LogP contribution is -2.39. The molecule has 0 amide bonds. The molecule has 1 saturated heterocycles. The van der Waals surface area contributed by atoms with Gasteiger partial charge in [0, 0.05) is 22.4 Å². The summed E-state index contributed by atoms with van der Waals surface area (Å²) < 4.78 is 0. The monoisotopic (exact) mass is 269 g/mol. The van der Waals surface area contributed by atoms with Gasteiger partial charge in [-0.25, -0.2) is 4.98 Å². The number of nitrogens with one attached hydrogen (secondary N) is 1. The fourth-order valence-electron chi connectivity index (χ4n) is 1.61. The van der Waals surface area contributed by atoms with E-state index < -0.39 is 0 Å². The van der Waals surface area contributed by atoms with Crippen LogP contribution in [0.4, 0.5) is 0 Å². The zero-order chi connectivity index (χ0) is 12.5. The first-order chi connectivity index (χ1) is 8.02. The van der Waals surface area contributed by atoms with Gasteiger partial charge in [0.15, 0.2) is 5.17 Å². The molecular weight excluding hydrogens is 250 g/mol. The second-order valence-corrected chi connectivity index (χ2v) is 6.62. The van der Waals surface area contributed by atoms with E-state index in [-0.39, 0.29) is 11.6 Å². The van der Waals surface area contributed by atoms with Gasteiger partial charge >= 0.3 is 0 Å². The highest BCUT2D eigenvalue weighted by atomic mass is 32.2. The first kappa shape index (κ1) is 12.9. The molecule has 2 unspecified atom stereocenters. The molecule has 2 rings (SSSR count). The highest BCUT2D eigenvalue weighted by Crippen LogP contribution is 2.28. The van der Waals surface area contributed by atoms with E-state index >= 15 is 0 Å². The number of aromatic nitrogens is 1. The molecule has 0 spiro atoms. The fourth-order valence-corrected chi connectivity index (χ4v) is 3.69. The maximum Gasteiger partial charge on any atom is 0.157 e. The molecule has 2 atom stereocenters. The molecule has 1 aromatic rings. The van der Waals surface area contributed by atoms with Crippen molar-refractivity contribution in [2.24, 2.45) is 4.99 Å². The van der Waals surface area contributed by atoms with Crippen LogP contribution in [0.3, 0.4) is 0 Å². The Morgan fingerprint density at radius 1 is 1.65 bits per heavy atom. The molecule has 1 aromatic heterocycles. The van der Waals surface area contributed by atoms with E-state index in [1.165, 1.54) is 0 Å². The van der Waals surface area contributed by atoms with Gasteiger partial charge in [-0.1, -0.05) is 18.7 Å². The zero-order valence-corrected chi connectivity index (χ0v) is 12.4. The topological polar surface area (TPSA) is 37.3 Å². The Labute approximate surface area is 111 Å². The minimum absolute atomic E-state index is 0.155. The Hall–Kier alpha value is -0.550. The fraction of sp³-hybridized carbons (Fsp3) is 0.667. The van der Waals surface area contributed by atoms with E-state index in [2.05, 4.69) is 36.5 Å². The average Bonchev–Trinajstić information content (AvgIpc) is 2.86. The molecule has 1 N–H and O–H groups in total. The number of thioether (sulfide) groups is 1. The summed E-state index contributed by atoms with van der Waals surface area (Å²) in [5.74, 6) is 1.10. The van der Waals surface area contributed by atoms with Crippen LogP contribution in [0.5, 0.6) is 0 Å². The van der Waals surface area contributed by atoms with Gasteiger partial charge in [-0.2, -0.15) is 0 Å². The Morgan fingerprint density at radius 3 is 2.94 bits per heavy atom. The largest absolute Gasteiger partial charge is 0.359 e. The second kappa shape index (κ2) is 4.98. The lowest BCUT2D eigenvalue weighted by Gasteiger charge is -2.21. The zero-order valence-electron chi connectivity index (χ0n) is 10.8. The maximum atomic E-state index is 4.72. The molecule has 0 aromatic carbocycles. The molecule has 17 heavy (non-hydrogen) atoms. The number of nitrogens with zero attached hydrogens (tertiary/aromatic N) is 2. The molecule has 94 valence electrons. The van der Waals surface area contributed by atoms with Crippen molar-refractivity contribution >= 4 is 28.3 Å². The van der Waals surface area contributed by atoms with Crippen molar-refractivity contribution in [2.45, 2.75) is 45.7 Å². The number of thiazole rings is 1. The summed E-state index contributed by atoms with van der Waals surface area (Å²) in [5.41, 5.74) is 1.30. The van der Waals surface area contributed by atoms with E-state index in [0.717, 1.165) is 28.0 Å². The van der Waals surface area contributed by atoms with E-state index in [0.29, 0.717) is 0 Å². The van der Waals surface area contributed by atoms with E-state index in [1.807, 2.05) is 18.7 Å². The van der Waals surface area contributed by atoms with Crippen molar-refractivity contribution in [3.05, 3.63) is 16.1 Å². The Morgan fingerprint density at radius 2 is 2.41 bits per heavy atom. The van der Waals surface area contributed by atoms with Crippen molar-refractivity contribution in [3.8, 4) is 0 Å². The van der Waals surface area contributed by atoms with Gasteiger partial charge in [-0.3, -0.25) is 4.99 Å². The van der Waals surface area contributed by atoms with Crippen molar-refractivity contribution in [3.63, 3.8) is 0 Å². The van der Waals surface area contributed by atoms with Crippen LogP contribution in [0.2, 0.25) is 0 Å². The second-order valence-electron chi connectivity index (χ2n) is 4.77. The van der Waals surface area contributed by atoms with Gasteiger partial charge in [-0.05, 0) is 27.2 Å². The number of hydrogen-bond donors (Lipinski definition) is 1. The van der Waals surface area contributed by atoms with Gasteiger partial charge < -0.3 is 5.32 Å². The van der Waals surface area contributed by atoms with Gasteiger partial charge in [0.25, 0.3) is 0 Å². The van der Waals surface area contributed by atoms with E-state index in [9.17, 15) is 0 Å². The van der Waals surface area contributed by atoms with E-state index in [4.69, 9.17) is 4.99 Å². The highest BCUT2D eigenvalue weighted by Gasteiger charge is 2.30. The van der Waals surface area contributed by atoms with Crippen LogP contribution in [0.25, 0.3) is 0 Å². The third-order valence-electron chi connectivity index (χ3n) is 3.02. The van der Waals surface area contributed by atoms with Crippen molar-refractivity contribution in [2.75, 3.05) is 5.75 Å². The first-order valence-corrected chi connectivity index (χ1v) is 7.80. The van der Waals surface area contributed by atoms with Crippen molar-refractivity contribution in [1.82, 2.24) is 10.3 Å². The van der Waals surface area contributed by atoms with Crippen molar-refractivity contribution < 1.29 is 0 Å². The molecule has 5 heteroatoms. The first-order valence-electron chi connectivity index (χ1n) is 5.93. The molecule has 3 nitrogen and oxygen atoms in total. The van der Waals surface area contributed by atoms with Gasteiger partial charge in [0.2, 0.25) is 0 Å². The summed E-state index contributed by atoms with van der Waals surface area (Å²) in [5, 5.41) is 7.76. The summed E-state index contributed by atoms with van der Waals surface area (Å²) in [4.78, 5) is 9.20. The molecule has 0 bridgehead atoms. The van der Waals surface area contributed by atoms with Crippen LogP contribution in [0.15, 0.2) is 10.4 Å². The Balaban J connectivity index is 2.06. The maximum absolute atomic E-state index is 4.72. The van der Waals surface area contributed by atoms with Crippen LogP contribution in [0.1, 0.15) is 43.9 Å². The Bertz CT molecular complexity index is 427. The number of aliphatic imine (C=N–C) groups is 1. The standard InChI is InChI=1S/C12H19N3S2/c1-5-12(4)7-17-11(15-12)14-9(3)10-13-8(2)6-16-10/h6,9H,5,7H2,1-4H3,(H,14,15). The molecule has 0 saturated carbocycles. The van der Waals surface area contributed by atoms with Crippen molar-refractivity contribution in [1.29, 1.82) is 0 Å². The van der Waals surface area contributed by atoms with Crippen LogP contribution in [0, 0.1) is 6.92 Å². The predicted octanol–water partition coefficient (Wildman–Crippen LogP) is 3.37. The number of aryl methyl sites for hydroxylation is 1. The smallest absolute Gasteiger partial charge is 0.157 e. The van der Waals surface area contributed by atoms with Crippen LogP contribution >= 0.6 is 23.1 Å². The van der Waals surface area contributed by atoms with Crippen LogP contribution < -0.4 is 5.32 Å². The summed E-state index contributed by atoms with van der Waals surface area (Å²) in [6.07, 6.45) is 1.13. The number of hydrogen-bond acceptors (Lipinski definition) is 4. The van der Waals surface area contributed by atoms with Gasteiger partial charge in [0.05, 0.1) is 0 Å². The molecule has 1 aliphatic heterocycles. The number of amidine groups is 1. The third kappa shape index (κ3) is 3.01. The highest BCUT2D eigenvalue weighted by molar-refractivity contribution is 8.14. The van der Waals surface area contributed by atoms with Gasteiger partial charge in [-0.15, -0.1) is 11.3 Å². The minimum Gasteiger partial charge on any atom is -0.359 e. The molecule has 0 radical (unpaired) electrons. The summed E-state index contributed by atoms with van der Waals surface area (Å²) in [7, 11) is 0. The van der Waals surface area contributed by atoms with Gasteiger partial charge in [0.1, 0.15) is 11.0 Å². The van der Waals surface area contributed by atoms with Crippen LogP contribution in [-0.4, -0.2) is 21.4 Å². The predicted molar refractivity (Wildman–Crippen MR) is 77.0 cm³/mol. The molecule has 2 heterocycles. The van der Waals surface area contributed by atoms with E-state index in [1.54, 1.807) is 11.3 Å². The Kier molecular flexibility index (Phi) is 3.78. The normalized spacial score (nSPS) is 28.4. The lowest BCUT2D eigenvalue weighted by atomic mass is 10.0. The summed E-state index contributed by atoms with van der Waals surface area (Å²) >= 11 is 3.51. The molecular formula is C12H19N3S2. The molecule has 1 fully saturated rings. The minimum atomic E-state index is 0.155. The SMILES string of the molecule is CCC1(C)CSC(=NC(C)c2nc(C)cs2)N1. The third-order valence-corrected chi connectivity index (χ3v) is 5.42. The van der Waals surface area contributed by atoms with Crippen LogP contribution in [-0.2, 0) is 0 Å². The quantitative estimate of drug-likeness (QED) is 0.914.